The van der Waals surface area contributed by atoms with Crippen LogP contribution in [0.4, 0.5) is 0 Å². The zero-order valence-electron chi connectivity index (χ0n) is 10.0. The van der Waals surface area contributed by atoms with Crippen molar-refractivity contribution in [3.63, 3.8) is 0 Å². The molecule has 0 saturated carbocycles. The van der Waals surface area contributed by atoms with Gasteiger partial charge >= 0.3 is 5.97 Å². The summed E-state index contributed by atoms with van der Waals surface area (Å²) in [6.07, 6.45) is 1.41. The van der Waals surface area contributed by atoms with Crippen molar-refractivity contribution < 1.29 is 14.3 Å². The van der Waals surface area contributed by atoms with Crippen LogP contribution < -0.4 is 0 Å². The predicted octanol–water partition coefficient (Wildman–Crippen LogP) is 2.46. The van der Waals surface area contributed by atoms with Gasteiger partial charge < -0.3 is 9.47 Å². The van der Waals surface area contributed by atoms with Crippen molar-refractivity contribution in [1.82, 2.24) is 0 Å². The van der Waals surface area contributed by atoms with Crippen LogP contribution in [0.5, 0.6) is 0 Å². The number of carbonyl (C=O) groups excluding carboxylic acids is 1. The second-order valence-corrected chi connectivity index (χ2v) is 3.58. The fourth-order valence-electron chi connectivity index (χ4n) is 1.48. The topological polar surface area (TPSA) is 35.5 Å². The third kappa shape index (κ3) is 2.63. The minimum atomic E-state index is -0.393. The minimum absolute atomic E-state index is 0.393. The molecule has 0 aliphatic carbocycles. The number of benzene rings is 1. The van der Waals surface area contributed by atoms with Gasteiger partial charge in [-0.3, -0.25) is 0 Å². The first kappa shape index (κ1) is 12.3. The van der Waals surface area contributed by atoms with Gasteiger partial charge in [-0.1, -0.05) is 23.8 Å². The van der Waals surface area contributed by atoms with Crippen LogP contribution in [0.25, 0.3) is 5.57 Å². The summed E-state index contributed by atoms with van der Waals surface area (Å²) in [6, 6.07) is 5.91. The standard InChI is InChI=1S/C13H16O3/c1-9-5-6-10(2)11(7-9)12(8-15-3)13(14)16-4/h5-8H,1-4H3/b12-8-. The van der Waals surface area contributed by atoms with Gasteiger partial charge in [0.05, 0.1) is 20.5 Å². The van der Waals surface area contributed by atoms with Gasteiger partial charge in [-0.2, -0.15) is 0 Å². The van der Waals surface area contributed by atoms with Crippen molar-refractivity contribution in [3.8, 4) is 0 Å². The minimum Gasteiger partial charge on any atom is -0.503 e. The molecule has 0 amide bonds. The number of hydrogen-bond acceptors (Lipinski definition) is 3. The van der Waals surface area contributed by atoms with Crippen molar-refractivity contribution in [1.29, 1.82) is 0 Å². The summed E-state index contributed by atoms with van der Waals surface area (Å²) in [4.78, 5) is 11.6. The number of ether oxygens (including phenoxy) is 2. The Morgan fingerprint density at radius 3 is 2.50 bits per heavy atom. The second kappa shape index (κ2) is 5.35. The van der Waals surface area contributed by atoms with Gasteiger partial charge in [0.25, 0.3) is 0 Å². The molecule has 16 heavy (non-hydrogen) atoms. The maximum Gasteiger partial charge on any atom is 0.341 e. The van der Waals surface area contributed by atoms with E-state index in [1.165, 1.54) is 20.5 Å². The summed E-state index contributed by atoms with van der Waals surface area (Å²) >= 11 is 0. The lowest BCUT2D eigenvalue weighted by Crippen LogP contribution is -2.06. The first-order chi connectivity index (χ1) is 7.60. The molecule has 0 fully saturated rings. The monoisotopic (exact) mass is 220 g/mol. The predicted molar refractivity (Wildman–Crippen MR) is 62.9 cm³/mol. The van der Waals surface area contributed by atoms with Crippen molar-refractivity contribution in [3.05, 3.63) is 41.2 Å². The SMILES string of the molecule is CO/C=C(\C(=O)OC)c1cc(C)ccc1C. The van der Waals surface area contributed by atoms with Crippen LogP contribution in [-0.2, 0) is 14.3 Å². The van der Waals surface area contributed by atoms with Crippen molar-refractivity contribution in [2.75, 3.05) is 14.2 Å². The first-order valence-corrected chi connectivity index (χ1v) is 4.99. The van der Waals surface area contributed by atoms with Gasteiger partial charge in [0, 0.05) is 0 Å². The molecule has 1 aromatic rings. The smallest absolute Gasteiger partial charge is 0.341 e. The third-order valence-electron chi connectivity index (χ3n) is 2.32. The molecule has 0 aliphatic rings. The van der Waals surface area contributed by atoms with E-state index in [4.69, 9.17) is 9.47 Å². The van der Waals surface area contributed by atoms with Crippen LogP contribution in [0.3, 0.4) is 0 Å². The zero-order valence-corrected chi connectivity index (χ0v) is 10.0. The second-order valence-electron chi connectivity index (χ2n) is 3.58. The van der Waals surface area contributed by atoms with Crippen LogP contribution in [-0.4, -0.2) is 20.2 Å². The van der Waals surface area contributed by atoms with E-state index < -0.39 is 5.97 Å². The molecule has 0 N–H and O–H groups in total. The maximum atomic E-state index is 11.6. The van der Waals surface area contributed by atoms with E-state index in [0.717, 1.165) is 16.7 Å². The summed E-state index contributed by atoms with van der Waals surface area (Å²) in [5, 5.41) is 0. The summed E-state index contributed by atoms with van der Waals surface area (Å²) in [5.74, 6) is -0.393. The molecule has 0 aromatic heterocycles. The van der Waals surface area contributed by atoms with Gasteiger partial charge in [0.1, 0.15) is 5.57 Å². The molecule has 0 unspecified atom stereocenters. The lowest BCUT2D eigenvalue weighted by Gasteiger charge is -2.09. The van der Waals surface area contributed by atoms with E-state index in [2.05, 4.69) is 0 Å². The van der Waals surface area contributed by atoms with Crippen molar-refractivity contribution in [2.45, 2.75) is 13.8 Å². The number of rotatable bonds is 3. The highest BCUT2D eigenvalue weighted by molar-refractivity contribution is 6.16. The lowest BCUT2D eigenvalue weighted by molar-refractivity contribution is -0.133. The molecule has 86 valence electrons. The van der Waals surface area contributed by atoms with Crippen LogP contribution in [0.1, 0.15) is 16.7 Å². The zero-order chi connectivity index (χ0) is 12.1. The molecular weight excluding hydrogens is 204 g/mol. The summed E-state index contributed by atoms with van der Waals surface area (Å²) < 4.78 is 9.64. The van der Waals surface area contributed by atoms with Crippen LogP contribution in [0, 0.1) is 13.8 Å². The van der Waals surface area contributed by atoms with Gasteiger partial charge in [0.15, 0.2) is 0 Å². The Bertz CT molecular complexity index is 419. The summed E-state index contributed by atoms with van der Waals surface area (Å²) in [6.45, 7) is 3.92. The van der Waals surface area contributed by atoms with E-state index in [-0.39, 0.29) is 0 Å². The Kier molecular flexibility index (Phi) is 4.11. The first-order valence-electron chi connectivity index (χ1n) is 4.99. The fraction of sp³-hybridized carbons (Fsp3) is 0.308. The summed E-state index contributed by atoms with van der Waals surface area (Å²) in [7, 11) is 2.87. The van der Waals surface area contributed by atoms with Crippen LogP contribution >= 0.6 is 0 Å². The Morgan fingerprint density at radius 1 is 1.25 bits per heavy atom. The highest BCUT2D eigenvalue weighted by atomic mass is 16.5. The van der Waals surface area contributed by atoms with E-state index in [1.807, 2.05) is 32.0 Å². The number of carbonyl (C=O) groups is 1. The molecule has 3 heteroatoms. The quantitative estimate of drug-likeness (QED) is 0.446. The number of hydrogen-bond donors (Lipinski definition) is 0. The highest BCUT2D eigenvalue weighted by Crippen LogP contribution is 2.21. The van der Waals surface area contributed by atoms with E-state index in [9.17, 15) is 4.79 Å². The largest absolute Gasteiger partial charge is 0.503 e. The molecule has 0 radical (unpaired) electrons. The fourth-order valence-corrected chi connectivity index (χ4v) is 1.48. The average molecular weight is 220 g/mol. The Hall–Kier alpha value is -1.77. The number of aryl methyl sites for hydroxylation is 2. The van der Waals surface area contributed by atoms with Gasteiger partial charge in [-0.05, 0) is 25.0 Å². The molecule has 0 spiro atoms. The van der Waals surface area contributed by atoms with Crippen LogP contribution in [0.2, 0.25) is 0 Å². The molecule has 0 aliphatic heterocycles. The molecule has 0 saturated heterocycles. The van der Waals surface area contributed by atoms with Gasteiger partial charge in [-0.15, -0.1) is 0 Å². The molecule has 1 aromatic carbocycles. The molecule has 0 heterocycles. The van der Waals surface area contributed by atoms with E-state index in [0.29, 0.717) is 5.57 Å². The average Bonchev–Trinajstić information content (AvgIpc) is 2.28. The lowest BCUT2D eigenvalue weighted by atomic mass is 9.99. The van der Waals surface area contributed by atoms with E-state index in [1.54, 1.807) is 0 Å². The molecule has 0 bridgehead atoms. The highest BCUT2D eigenvalue weighted by Gasteiger charge is 2.15. The van der Waals surface area contributed by atoms with E-state index >= 15 is 0 Å². The van der Waals surface area contributed by atoms with Crippen LogP contribution in [0.15, 0.2) is 24.5 Å². The number of esters is 1. The Morgan fingerprint density at radius 2 is 1.94 bits per heavy atom. The summed E-state index contributed by atoms with van der Waals surface area (Å²) in [5.41, 5.74) is 3.38. The Labute approximate surface area is 95.7 Å². The van der Waals surface area contributed by atoms with Crippen molar-refractivity contribution in [2.24, 2.45) is 0 Å². The maximum absolute atomic E-state index is 11.6. The molecule has 0 atom stereocenters. The van der Waals surface area contributed by atoms with Crippen molar-refractivity contribution >= 4 is 11.5 Å². The van der Waals surface area contributed by atoms with Gasteiger partial charge in [0.2, 0.25) is 0 Å². The van der Waals surface area contributed by atoms with Gasteiger partial charge in [-0.25, -0.2) is 4.79 Å². The molecule has 1 rings (SSSR count). The molecular formula is C13H16O3. The third-order valence-corrected chi connectivity index (χ3v) is 2.32. The number of methoxy groups -OCH3 is 2. The molecule has 3 nitrogen and oxygen atoms in total. The Balaban J connectivity index is 3.26. The normalized spacial score (nSPS) is 11.1.